The molecular formula is C15H19N3. The molecule has 1 aromatic carbocycles. The number of rotatable bonds is 2. The molecule has 3 nitrogen and oxygen atoms in total. The van der Waals surface area contributed by atoms with E-state index in [1.165, 1.54) is 16.6 Å². The van der Waals surface area contributed by atoms with Gasteiger partial charge in [-0.1, -0.05) is 6.92 Å². The van der Waals surface area contributed by atoms with Crippen molar-refractivity contribution in [2.45, 2.75) is 13.3 Å². The lowest BCUT2D eigenvalue weighted by molar-refractivity contribution is 0.589. The summed E-state index contributed by atoms with van der Waals surface area (Å²) in [6.45, 7) is 6.50. The molecule has 94 valence electrons. The number of nitrogens with zero attached hydrogens (tertiary/aromatic N) is 2. The molecule has 1 fully saturated rings. The summed E-state index contributed by atoms with van der Waals surface area (Å²) in [6, 6.07) is 8.85. The van der Waals surface area contributed by atoms with Gasteiger partial charge in [-0.05, 0) is 36.2 Å². The number of aryl methyl sites for hydroxylation is 1. The SMILES string of the molecule is CCc1cnc2ccc(N3CCNCC3)cc2c1. The van der Waals surface area contributed by atoms with Gasteiger partial charge in [-0.2, -0.15) is 0 Å². The first kappa shape index (κ1) is 11.5. The smallest absolute Gasteiger partial charge is 0.0703 e. The van der Waals surface area contributed by atoms with Crippen molar-refractivity contribution in [3.8, 4) is 0 Å². The summed E-state index contributed by atoms with van der Waals surface area (Å²) in [4.78, 5) is 6.95. The van der Waals surface area contributed by atoms with E-state index >= 15 is 0 Å². The van der Waals surface area contributed by atoms with Crippen LogP contribution in [-0.2, 0) is 6.42 Å². The highest BCUT2D eigenvalue weighted by Gasteiger charge is 2.10. The first-order chi connectivity index (χ1) is 8.86. The van der Waals surface area contributed by atoms with Crippen LogP contribution in [0.15, 0.2) is 30.5 Å². The molecule has 0 saturated carbocycles. The number of anilines is 1. The number of fused-ring (bicyclic) bond motifs is 1. The average Bonchev–Trinajstić information content (AvgIpc) is 2.47. The van der Waals surface area contributed by atoms with Crippen molar-refractivity contribution in [2.75, 3.05) is 31.1 Å². The van der Waals surface area contributed by atoms with E-state index in [4.69, 9.17) is 0 Å². The van der Waals surface area contributed by atoms with E-state index < -0.39 is 0 Å². The van der Waals surface area contributed by atoms with Crippen LogP contribution in [0.25, 0.3) is 10.9 Å². The van der Waals surface area contributed by atoms with Crippen LogP contribution >= 0.6 is 0 Å². The van der Waals surface area contributed by atoms with Crippen LogP contribution in [0.5, 0.6) is 0 Å². The summed E-state index contributed by atoms with van der Waals surface area (Å²) in [7, 11) is 0. The van der Waals surface area contributed by atoms with E-state index in [1.807, 2.05) is 6.20 Å². The number of piperazine rings is 1. The molecular weight excluding hydrogens is 222 g/mol. The van der Waals surface area contributed by atoms with Crippen molar-refractivity contribution in [3.05, 3.63) is 36.0 Å². The normalized spacial score (nSPS) is 16.2. The third-order valence-corrected chi connectivity index (χ3v) is 3.61. The molecule has 0 amide bonds. The maximum atomic E-state index is 4.51. The van der Waals surface area contributed by atoms with Gasteiger partial charge >= 0.3 is 0 Å². The van der Waals surface area contributed by atoms with Gasteiger partial charge < -0.3 is 10.2 Å². The van der Waals surface area contributed by atoms with Crippen molar-refractivity contribution in [2.24, 2.45) is 0 Å². The highest BCUT2D eigenvalue weighted by atomic mass is 15.2. The molecule has 1 aliphatic heterocycles. The number of benzene rings is 1. The van der Waals surface area contributed by atoms with Gasteiger partial charge in [0.2, 0.25) is 0 Å². The quantitative estimate of drug-likeness (QED) is 0.873. The summed E-state index contributed by atoms with van der Waals surface area (Å²) >= 11 is 0. The fourth-order valence-corrected chi connectivity index (χ4v) is 2.48. The summed E-state index contributed by atoms with van der Waals surface area (Å²) in [5.41, 5.74) is 3.71. The number of aromatic nitrogens is 1. The van der Waals surface area contributed by atoms with Gasteiger partial charge in [-0.3, -0.25) is 4.98 Å². The van der Waals surface area contributed by atoms with Crippen LogP contribution in [-0.4, -0.2) is 31.2 Å². The van der Waals surface area contributed by atoms with Crippen molar-refractivity contribution >= 4 is 16.6 Å². The van der Waals surface area contributed by atoms with E-state index in [0.717, 1.165) is 38.1 Å². The molecule has 0 atom stereocenters. The van der Waals surface area contributed by atoms with Gasteiger partial charge in [-0.15, -0.1) is 0 Å². The molecule has 0 bridgehead atoms. The highest BCUT2D eigenvalue weighted by molar-refractivity contribution is 5.83. The van der Waals surface area contributed by atoms with Gasteiger partial charge in [-0.25, -0.2) is 0 Å². The zero-order chi connectivity index (χ0) is 12.4. The highest BCUT2D eigenvalue weighted by Crippen LogP contribution is 2.22. The lowest BCUT2D eigenvalue weighted by Gasteiger charge is -2.29. The van der Waals surface area contributed by atoms with E-state index in [9.17, 15) is 0 Å². The summed E-state index contributed by atoms with van der Waals surface area (Å²) in [5.74, 6) is 0. The second-order valence-electron chi connectivity index (χ2n) is 4.81. The Hall–Kier alpha value is -1.61. The van der Waals surface area contributed by atoms with Gasteiger partial charge in [0.05, 0.1) is 5.52 Å². The molecule has 3 rings (SSSR count). The Kier molecular flexibility index (Phi) is 3.15. The minimum absolute atomic E-state index is 1.04. The zero-order valence-corrected chi connectivity index (χ0v) is 10.8. The van der Waals surface area contributed by atoms with Crippen molar-refractivity contribution in [1.82, 2.24) is 10.3 Å². The van der Waals surface area contributed by atoms with Crippen molar-refractivity contribution in [3.63, 3.8) is 0 Å². The van der Waals surface area contributed by atoms with E-state index in [-0.39, 0.29) is 0 Å². The monoisotopic (exact) mass is 241 g/mol. The molecule has 0 aliphatic carbocycles. The molecule has 2 heterocycles. The van der Waals surface area contributed by atoms with Crippen LogP contribution in [0.1, 0.15) is 12.5 Å². The largest absolute Gasteiger partial charge is 0.369 e. The van der Waals surface area contributed by atoms with Crippen LogP contribution < -0.4 is 10.2 Å². The Morgan fingerprint density at radius 1 is 1.22 bits per heavy atom. The van der Waals surface area contributed by atoms with Crippen LogP contribution in [0.2, 0.25) is 0 Å². The topological polar surface area (TPSA) is 28.2 Å². The second kappa shape index (κ2) is 4.94. The molecule has 3 heteroatoms. The molecule has 1 aliphatic rings. The molecule has 0 spiro atoms. The molecule has 1 saturated heterocycles. The van der Waals surface area contributed by atoms with Gasteiger partial charge in [0, 0.05) is 43.4 Å². The third-order valence-electron chi connectivity index (χ3n) is 3.61. The van der Waals surface area contributed by atoms with Gasteiger partial charge in [0.25, 0.3) is 0 Å². The van der Waals surface area contributed by atoms with Crippen LogP contribution in [0.3, 0.4) is 0 Å². The third kappa shape index (κ3) is 2.18. The van der Waals surface area contributed by atoms with Gasteiger partial charge in [0.1, 0.15) is 0 Å². The fourth-order valence-electron chi connectivity index (χ4n) is 2.48. The maximum Gasteiger partial charge on any atom is 0.0703 e. The molecule has 2 aromatic rings. The Bertz CT molecular complexity index is 544. The number of hydrogen-bond donors (Lipinski definition) is 1. The second-order valence-corrected chi connectivity index (χ2v) is 4.81. The predicted molar refractivity (Wildman–Crippen MR) is 76.2 cm³/mol. The molecule has 0 unspecified atom stereocenters. The summed E-state index contributed by atoms with van der Waals surface area (Å²) in [6.07, 6.45) is 3.02. The Balaban J connectivity index is 1.97. The predicted octanol–water partition coefficient (Wildman–Crippen LogP) is 2.21. The number of nitrogens with one attached hydrogen (secondary N) is 1. The van der Waals surface area contributed by atoms with E-state index in [2.05, 4.69) is 46.4 Å². The lowest BCUT2D eigenvalue weighted by atomic mass is 10.1. The first-order valence-corrected chi connectivity index (χ1v) is 6.71. The molecule has 0 radical (unpaired) electrons. The van der Waals surface area contributed by atoms with Crippen LogP contribution in [0.4, 0.5) is 5.69 Å². The standard InChI is InChI=1S/C15H19N3/c1-2-12-9-13-10-14(3-4-15(13)17-11-12)18-7-5-16-6-8-18/h3-4,9-11,16H,2,5-8H2,1H3. The molecule has 1 N–H and O–H groups in total. The maximum absolute atomic E-state index is 4.51. The average molecular weight is 241 g/mol. The Morgan fingerprint density at radius 3 is 2.83 bits per heavy atom. The number of hydrogen-bond acceptors (Lipinski definition) is 3. The molecule has 1 aromatic heterocycles. The summed E-state index contributed by atoms with van der Waals surface area (Å²) < 4.78 is 0. The fraction of sp³-hybridized carbons (Fsp3) is 0.400. The summed E-state index contributed by atoms with van der Waals surface area (Å²) in [5, 5.41) is 4.64. The Labute approximate surface area is 108 Å². The molecule has 18 heavy (non-hydrogen) atoms. The lowest BCUT2D eigenvalue weighted by Crippen LogP contribution is -2.43. The van der Waals surface area contributed by atoms with E-state index in [1.54, 1.807) is 0 Å². The van der Waals surface area contributed by atoms with Crippen molar-refractivity contribution in [1.29, 1.82) is 0 Å². The number of pyridine rings is 1. The minimum Gasteiger partial charge on any atom is -0.369 e. The van der Waals surface area contributed by atoms with Gasteiger partial charge in [0.15, 0.2) is 0 Å². The van der Waals surface area contributed by atoms with E-state index in [0.29, 0.717) is 0 Å². The zero-order valence-electron chi connectivity index (χ0n) is 10.8. The Morgan fingerprint density at radius 2 is 2.06 bits per heavy atom. The minimum atomic E-state index is 1.04. The van der Waals surface area contributed by atoms with Crippen LogP contribution in [0, 0.1) is 0 Å². The first-order valence-electron chi connectivity index (χ1n) is 6.71. The van der Waals surface area contributed by atoms with Crippen molar-refractivity contribution < 1.29 is 0 Å².